The predicted octanol–water partition coefficient (Wildman–Crippen LogP) is 0.443. The maximum Gasteiger partial charge on any atom is 0.0740 e. The molecule has 0 aromatic carbocycles. The number of thiocarbonyl (C=S) groups is 1. The van der Waals surface area contributed by atoms with Gasteiger partial charge in [-0.05, 0) is 12.8 Å². The van der Waals surface area contributed by atoms with Gasteiger partial charge in [-0.25, -0.2) is 0 Å². The van der Waals surface area contributed by atoms with Crippen molar-refractivity contribution in [2.24, 2.45) is 5.73 Å². The van der Waals surface area contributed by atoms with E-state index in [1.165, 1.54) is 39.0 Å². The molecule has 1 aliphatic heterocycles. The van der Waals surface area contributed by atoms with Gasteiger partial charge < -0.3 is 10.6 Å². The average molecular weight is 213 g/mol. The fraction of sp³-hybridized carbons (Fsp3) is 0.900. The molecule has 0 spiro atoms. The van der Waals surface area contributed by atoms with E-state index >= 15 is 0 Å². The quantitative estimate of drug-likeness (QED) is 0.687. The highest BCUT2D eigenvalue weighted by atomic mass is 32.1. The fourth-order valence-corrected chi connectivity index (χ4v) is 2.15. The highest BCUT2D eigenvalue weighted by molar-refractivity contribution is 7.80. The predicted molar refractivity (Wildman–Crippen MR) is 62.4 cm³/mol. The highest BCUT2D eigenvalue weighted by Gasteiger charge is 2.30. The lowest BCUT2D eigenvalue weighted by atomic mass is 10.3. The molecular weight excluding hydrogens is 194 g/mol. The normalized spacial score (nSPS) is 25.1. The van der Waals surface area contributed by atoms with Gasteiger partial charge in [0.1, 0.15) is 0 Å². The van der Waals surface area contributed by atoms with E-state index in [4.69, 9.17) is 18.0 Å². The summed E-state index contributed by atoms with van der Waals surface area (Å²) in [7, 11) is 0. The zero-order valence-corrected chi connectivity index (χ0v) is 9.43. The number of hydrogen-bond acceptors (Lipinski definition) is 3. The smallest absolute Gasteiger partial charge is 0.0740 e. The van der Waals surface area contributed by atoms with E-state index < -0.39 is 0 Å². The van der Waals surface area contributed by atoms with Crippen LogP contribution in [0.2, 0.25) is 0 Å². The maximum atomic E-state index is 5.49. The van der Waals surface area contributed by atoms with Crippen molar-refractivity contribution in [3.05, 3.63) is 0 Å². The second kappa shape index (κ2) is 4.55. The fourth-order valence-electron chi connectivity index (χ4n) is 2.06. The molecule has 14 heavy (non-hydrogen) atoms. The molecular formula is C10H19N3S. The molecule has 0 radical (unpaired) electrons. The Morgan fingerprint density at radius 3 is 2.36 bits per heavy atom. The maximum absolute atomic E-state index is 5.49. The zero-order valence-electron chi connectivity index (χ0n) is 8.61. The Kier molecular flexibility index (Phi) is 3.36. The summed E-state index contributed by atoms with van der Waals surface area (Å²) < 4.78 is 0. The summed E-state index contributed by atoms with van der Waals surface area (Å²) >= 11 is 4.88. The molecule has 2 N–H and O–H groups in total. The second-order valence-corrected chi connectivity index (χ2v) is 4.85. The summed E-state index contributed by atoms with van der Waals surface area (Å²) in [6.45, 7) is 5.91. The van der Waals surface area contributed by atoms with Crippen LogP contribution in [0.3, 0.4) is 0 Å². The Hall–Kier alpha value is -0.190. The summed E-state index contributed by atoms with van der Waals surface area (Å²) in [5.74, 6) is 0. The minimum absolute atomic E-state index is 0.648. The SMILES string of the molecule is NC(=S)CCN1CCN(C2CC2)CC1. The van der Waals surface area contributed by atoms with Crippen molar-refractivity contribution < 1.29 is 0 Å². The van der Waals surface area contributed by atoms with Crippen LogP contribution in [-0.2, 0) is 0 Å². The molecule has 2 rings (SSSR count). The summed E-state index contributed by atoms with van der Waals surface area (Å²) in [6.07, 6.45) is 3.72. The average Bonchev–Trinajstić information content (AvgIpc) is 2.99. The van der Waals surface area contributed by atoms with Crippen LogP contribution in [0.1, 0.15) is 19.3 Å². The molecule has 0 amide bonds. The van der Waals surface area contributed by atoms with Crippen molar-refractivity contribution in [2.45, 2.75) is 25.3 Å². The molecule has 3 nitrogen and oxygen atoms in total. The van der Waals surface area contributed by atoms with Crippen LogP contribution in [0, 0.1) is 0 Å². The molecule has 1 heterocycles. The van der Waals surface area contributed by atoms with Crippen LogP contribution in [0.5, 0.6) is 0 Å². The molecule has 0 aromatic rings. The van der Waals surface area contributed by atoms with Gasteiger partial charge in [0.2, 0.25) is 0 Å². The van der Waals surface area contributed by atoms with Crippen molar-refractivity contribution >= 4 is 17.2 Å². The van der Waals surface area contributed by atoms with Gasteiger partial charge in [-0.15, -0.1) is 0 Å². The molecule has 4 heteroatoms. The van der Waals surface area contributed by atoms with Gasteiger partial charge in [-0.1, -0.05) is 12.2 Å². The first-order chi connectivity index (χ1) is 6.75. The van der Waals surface area contributed by atoms with E-state index in [2.05, 4.69) is 9.80 Å². The van der Waals surface area contributed by atoms with Gasteiger partial charge in [-0.2, -0.15) is 0 Å². The van der Waals surface area contributed by atoms with Gasteiger partial charge in [0, 0.05) is 45.2 Å². The van der Waals surface area contributed by atoms with Crippen LogP contribution >= 0.6 is 12.2 Å². The summed E-state index contributed by atoms with van der Waals surface area (Å²) in [5, 5.41) is 0. The molecule has 0 atom stereocenters. The Morgan fingerprint density at radius 1 is 1.21 bits per heavy atom. The van der Waals surface area contributed by atoms with E-state index in [1.807, 2.05) is 0 Å². The van der Waals surface area contributed by atoms with Crippen molar-refractivity contribution in [3.63, 3.8) is 0 Å². The van der Waals surface area contributed by atoms with E-state index in [1.54, 1.807) is 0 Å². The first-order valence-electron chi connectivity index (χ1n) is 5.50. The molecule has 1 saturated heterocycles. The molecule has 0 aromatic heterocycles. The van der Waals surface area contributed by atoms with Crippen molar-refractivity contribution in [1.82, 2.24) is 9.80 Å². The zero-order chi connectivity index (χ0) is 9.97. The van der Waals surface area contributed by atoms with Crippen molar-refractivity contribution in [2.75, 3.05) is 32.7 Å². The number of nitrogens with two attached hydrogens (primary N) is 1. The molecule has 1 aliphatic carbocycles. The number of piperazine rings is 1. The lowest BCUT2D eigenvalue weighted by Crippen LogP contribution is -2.47. The molecule has 0 unspecified atom stereocenters. The van der Waals surface area contributed by atoms with Gasteiger partial charge in [-0.3, -0.25) is 4.90 Å². The first-order valence-corrected chi connectivity index (χ1v) is 5.91. The highest BCUT2D eigenvalue weighted by Crippen LogP contribution is 2.27. The largest absolute Gasteiger partial charge is 0.393 e. The number of nitrogens with zero attached hydrogens (tertiary/aromatic N) is 2. The van der Waals surface area contributed by atoms with E-state index in [0.717, 1.165) is 19.0 Å². The van der Waals surface area contributed by atoms with Crippen LogP contribution in [0.4, 0.5) is 0 Å². The summed E-state index contributed by atoms with van der Waals surface area (Å²) in [5.41, 5.74) is 5.49. The molecule has 80 valence electrons. The number of hydrogen-bond donors (Lipinski definition) is 1. The third-order valence-electron chi connectivity index (χ3n) is 3.14. The number of rotatable bonds is 4. The van der Waals surface area contributed by atoms with E-state index in [0.29, 0.717) is 4.99 Å². The van der Waals surface area contributed by atoms with Crippen LogP contribution in [0.15, 0.2) is 0 Å². The van der Waals surface area contributed by atoms with Gasteiger partial charge >= 0.3 is 0 Å². The Balaban J connectivity index is 1.64. The standard InChI is InChI=1S/C10H19N3S/c11-10(14)3-4-12-5-7-13(8-6-12)9-1-2-9/h9H,1-8H2,(H2,11,14). The molecule has 0 bridgehead atoms. The molecule has 2 fully saturated rings. The topological polar surface area (TPSA) is 32.5 Å². The lowest BCUT2D eigenvalue weighted by Gasteiger charge is -2.34. The minimum Gasteiger partial charge on any atom is -0.393 e. The van der Waals surface area contributed by atoms with E-state index in [-0.39, 0.29) is 0 Å². The minimum atomic E-state index is 0.648. The van der Waals surface area contributed by atoms with Crippen molar-refractivity contribution in [1.29, 1.82) is 0 Å². The van der Waals surface area contributed by atoms with Crippen LogP contribution in [0.25, 0.3) is 0 Å². The third-order valence-corrected chi connectivity index (χ3v) is 3.35. The third kappa shape index (κ3) is 2.90. The Bertz CT molecular complexity index is 207. The summed E-state index contributed by atoms with van der Waals surface area (Å²) in [4.78, 5) is 5.74. The van der Waals surface area contributed by atoms with Crippen molar-refractivity contribution in [3.8, 4) is 0 Å². The Morgan fingerprint density at radius 2 is 1.86 bits per heavy atom. The van der Waals surface area contributed by atoms with Gasteiger partial charge in [0.05, 0.1) is 4.99 Å². The van der Waals surface area contributed by atoms with Gasteiger partial charge in [0.15, 0.2) is 0 Å². The van der Waals surface area contributed by atoms with Crippen LogP contribution in [-0.4, -0.2) is 53.6 Å². The summed E-state index contributed by atoms with van der Waals surface area (Å²) in [6, 6.07) is 0.924. The second-order valence-electron chi connectivity index (χ2n) is 4.33. The first kappa shape index (κ1) is 10.3. The molecule has 1 saturated carbocycles. The lowest BCUT2D eigenvalue weighted by molar-refractivity contribution is 0.129. The Labute approximate surface area is 91.2 Å². The van der Waals surface area contributed by atoms with E-state index in [9.17, 15) is 0 Å². The van der Waals surface area contributed by atoms with Gasteiger partial charge in [0.25, 0.3) is 0 Å². The monoisotopic (exact) mass is 213 g/mol. The van der Waals surface area contributed by atoms with Crippen LogP contribution < -0.4 is 5.73 Å². The molecule has 2 aliphatic rings.